The molecule has 0 atom stereocenters. The lowest BCUT2D eigenvalue weighted by Gasteiger charge is -2.22. The SMILES string of the molecule is Cc1ccccc1CN(C)c1ccncc1CN. The van der Waals surface area contributed by atoms with Crippen molar-refractivity contribution in [3.63, 3.8) is 0 Å². The van der Waals surface area contributed by atoms with Gasteiger partial charge in [0, 0.05) is 43.8 Å². The van der Waals surface area contributed by atoms with Crippen LogP contribution in [0.4, 0.5) is 5.69 Å². The van der Waals surface area contributed by atoms with E-state index < -0.39 is 0 Å². The van der Waals surface area contributed by atoms with Crippen molar-refractivity contribution in [1.82, 2.24) is 4.98 Å². The Morgan fingerprint density at radius 3 is 2.67 bits per heavy atom. The summed E-state index contributed by atoms with van der Waals surface area (Å²) >= 11 is 0. The van der Waals surface area contributed by atoms with Crippen LogP contribution in [-0.4, -0.2) is 12.0 Å². The average Bonchev–Trinajstić information content (AvgIpc) is 2.41. The lowest BCUT2D eigenvalue weighted by molar-refractivity contribution is 0.892. The van der Waals surface area contributed by atoms with Gasteiger partial charge in [-0.15, -0.1) is 0 Å². The minimum Gasteiger partial charge on any atom is -0.370 e. The smallest absolute Gasteiger partial charge is 0.0443 e. The summed E-state index contributed by atoms with van der Waals surface area (Å²) in [6, 6.07) is 10.5. The summed E-state index contributed by atoms with van der Waals surface area (Å²) < 4.78 is 0. The van der Waals surface area contributed by atoms with Crippen LogP contribution in [0.3, 0.4) is 0 Å². The Balaban J connectivity index is 2.22. The molecular weight excluding hydrogens is 222 g/mol. The highest BCUT2D eigenvalue weighted by Gasteiger charge is 2.07. The Morgan fingerprint density at radius 2 is 1.94 bits per heavy atom. The third-order valence-corrected chi connectivity index (χ3v) is 3.18. The zero-order chi connectivity index (χ0) is 13.0. The van der Waals surface area contributed by atoms with Crippen molar-refractivity contribution in [3.05, 3.63) is 59.4 Å². The first-order valence-electron chi connectivity index (χ1n) is 6.11. The van der Waals surface area contributed by atoms with Gasteiger partial charge in [0.2, 0.25) is 0 Å². The molecule has 0 aliphatic carbocycles. The van der Waals surface area contributed by atoms with Crippen LogP contribution in [-0.2, 0) is 13.1 Å². The number of hydrogen-bond acceptors (Lipinski definition) is 3. The lowest BCUT2D eigenvalue weighted by Crippen LogP contribution is -2.19. The van der Waals surface area contributed by atoms with Gasteiger partial charge in [0.15, 0.2) is 0 Å². The number of anilines is 1. The first-order chi connectivity index (χ1) is 8.72. The monoisotopic (exact) mass is 241 g/mol. The van der Waals surface area contributed by atoms with Gasteiger partial charge in [0.25, 0.3) is 0 Å². The third-order valence-electron chi connectivity index (χ3n) is 3.18. The molecule has 0 unspecified atom stereocenters. The topological polar surface area (TPSA) is 42.2 Å². The molecule has 18 heavy (non-hydrogen) atoms. The summed E-state index contributed by atoms with van der Waals surface area (Å²) in [6.45, 7) is 3.53. The van der Waals surface area contributed by atoms with Crippen LogP contribution in [0, 0.1) is 6.92 Å². The Kier molecular flexibility index (Phi) is 3.95. The van der Waals surface area contributed by atoms with E-state index in [2.05, 4.69) is 48.1 Å². The number of nitrogens with zero attached hydrogens (tertiary/aromatic N) is 2. The molecule has 1 heterocycles. The van der Waals surface area contributed by atoms with E-state index in [9.17, 15) is 0 Å². The van der Waals surface area contributed by atoms with E-state index in [1.165, 1.54) is 11.1 Å². The van der Waals surface area contributed by atoms with Crippen molar-refractivity contribution in [3.8, 4) is 0 Å². The first kappa shape index (κ1) is 12.6. The van der Waals surface area contributed by atoms with Gasteiger partial charge in [-0.05, 0) is 24.1 Å². The number of hydrogen-bond donors (Lipinski definition) is 1. The normalized spacial score (nSPS) is 10.4. The maximum atomic E-state index is 5.75. The van der Waals surface area contributed by atoms with Gasteiger partial charge < -0.3 is 10.6 Å². The molecule has 0 aliphatic heterocycles. The molecule has 0 spiro atoms. The minimum atomic E-state index is 0.515. The lowest BCUT2D eigenvalue weighted by atomic mass is 10.1. The molecule has 3 nitrogen and oxygen atoms in total. The molecule has 2 N–H and O–H groups in total. The Morgan fingerprint density at radius 1 is 1.17 bits per heavy atom. The van der Waals surface area contributed by atoms with Crippen LogP contribution >= 0.6 is 0 Å². The van der Waals surface area contributed by atoms with Crippen molar-refractivity contribution in [2.75, 3.05) is 11.9 Å². The average molecular weight is 241 g/mol. The molecule has 2 aromatic rings. The molecule has 0 fully saturated rings. The van der Waals surface area contributed by atoms with E-state index in [1.807, 2.05) is 18.5 Å². The van der Waals surface area contributed by atoms with Crippen LogP contribution in [0.15, 0.2) is 42.7 Å². The fourth-order valence-electron chi connectivity index (χ4n) is 2.08. The standard InChI is InChI=1S/C15H19N3/c1-12-5-3-4-6-13(12)11-18(2)15-7-8-17-10-14(15)9-16/h3-8,10H,9,11,16H2,1-2H3. The molecule has 0 bridgehead atoms. The van der Waals surface area contributed by atoms with Crippen LogP contribution in [0.25, 0.3) is 0 Å². The van der Waals surface area contributed by atoms with Gasteiger partial charge >= 0.3 is 0 Å². The van der Waals surface area contributed by atoms with E-state index in [4.69, 9.17) is 5.73 Å². The maximum Gasteiger partial charge on any atom is 0.0443 e. The number of benzene rings is 1. The van der Waals surface area contributed by atoms with Crippen molar-refractivity contribution in [2.24, 2.45) is 5.73 Å². The Hall–Kier alpha value is -1.87. The van der Waals surface area contributed by atoms with E-state index in [0.717, 1.165) is 17.8 Å². The second-order valence-corrected chi connectivity index (χ2v) is 4.49. The molecule has 1 aromatic heterocycles. The summed E-state index contributed by atoms with van der Waals surface area (Å²) in [7, 11) is 2.08. The molecule has 1 aromatic carbocycles. The van der Waals surface area contributed by atoms with Crippen molar-refractivity contribution >= 4 is 5.69 Å². The third kappa shape index (κ3) is 2.68. The highest BCUT2D eigenvalue weighted by Crippen LogP contribution is 2.20. The predicted molar refractivity (Wildman–Crippen MR) is 75.4 cm³/mol. The van der Waals surface area contributed by atoms with Crippen LogP contribution in [0.2, 0.25) is 0 Å². The fourth-order valence-corrected chi connectivity index (χ4v) is 2.08. The van der Waals surface area contributed by atoms with Gasteiger partial charge in [-0.3, -0.25) is 4.98 Å². The Bertz CT molecular complexity index is 523. The number of aryl methyl sites for hydroxylation is 1. The van der Waals surface area contributed by atoms with Gasteiger partial charge in [0.05, 0.1) is 0 Å². The van der Waals surface area contributed by atoms with E-state index in [0.29, 0.717) is 6.54 Å². The maximum absolute atomic E-state index is 5.75. The molecule has 0 aliphatic rings. The van der Waals surface area contributed by atoms with Gasteiger partial charge in [0.1, 0.15) is 0 Å². The molecule has 2 rings (SSSR count). The second-order valence-electron chi connectivity index (χ2n) is 4.49. The number of rotatable bonds is 4. The van der Waals surface area contributed by atoms with Gasteiger partial charge in [-0.2, -0.15) is 0 Å². The molecule has 0 amide bonds. The van der Waals surface area contributed by atoms with Crippen LogP contribution < -0.4 is 10.6 Å². The molecule has 94 valence electrons. The summed E-state index contributed by atoms with van der Waals surface area (Å²) in [6.07, 6.45) is 3.65. The van der Waals surface area contributed by atoms with E-state index in [-0.39, 0.29) is 0 Å². The minimum absolute atomic E-state index is 0.515. The zero-order valence-corrected chi connectivity index (χ0v) is 10.9. The number of pyridine rings is 1. The van der Waals surface area contributed by atoms with Crippen LogP contribution in [0.1, 0.15) is 16.7 Å². The first-order valence-corrected chi connectivity index (χ1v) is 6.11. The quantitative estimate of drug-likeness (QED) is 0.894. The predicted octanol–water partition coefficient (Wildman–Crippen LogP) is 2.49. The van der Waals surface area contributed by atoms with E-state index >= 15 is 0 Å². The number of nitrogens with two attached hydrogens (primary N) is 1. The van der Waals surface area contributed by atoms with Crippen molar-refractivity contribution < 1.29 is 0 Å². The van der Waals surface area contributed by atoms with Gasteiger partial charge in [-0.1, -0.05) is 24.3 Å². The fraction of sp³-hybridized carbons (Fsp3) is 0.267. The molecule has 0 saturated heterocycles. The Labute approximate surface area is 108 Å². The summed E-state index contributed by atoms with van der Waals surface area (Å²) in [5, 5.41) is 0. The molecular formula is C15H19N3. The number of aromatic nitrogens is 1. The van der Waals surface area contributed by atoms with Crippen molar-refractivity contribution in [2.45, 2.75) is 20.0 Å². The van der Waals surface area contributed by atoms with Crippen LogP contribution in [0.5, 0.6) is 0 Å². The summed E-state index contributed by atoms with van der Waals surface area (Å²) in [4.78, 5) is 6.33. The molecule has 0 radical (unpaired) electrons. The summed E-state index contributed by atoms with van der Waals surface area (Å²) in [5.41, 5.74) is 10.6. The summed E-state index contributed by atoms with van der Waals surface area (Å²) in [5.74, 6) is 0. The molecule has 3 heteroatoms. The highest BCUT2D eigenvalue weighted by atomic mass is 15.1. The largest absolute Gasteiger partial charge is 0.370 e. The van der Waals surface area contributed by atoms with Gasteiger partial charge in [-0.25, -0.2) is 0 Å². The second kappa shape index (κ2) is 5.65. The van der Waals surface area contributed by atoms with Crippen molar-refractivity contribution in [1.29, 1.82) is 0 Å². The zero-order valence-electron chi connectivity index (χ0n) is 10.9. The van der Waals surface area contributed by atoms with E-state index in [1.54, 1.807) is 0 Å². The molecule has 0 saturated carbocycles. The highest BCUT2D eigenvalue weighted by molar-refractivity contribution is 5.52.